The molecule has 1 unspecified atom stereocenters. The molecule has 1 amide bonds. The van der Waals surface area contributed by atoms with Crippen LogP contribution in [0, 0.1) is 5.92 Å². The van der Waals surface area contributed by atoms with Crippen LogP contribution in [-0.2, 0) is 9.59 Å². The van der Waals surface area contributed by atoms with Crippen LogP contribution in [0.3, 0.4) is 0 Å². The first kappa shape index (κ1) is 17.0. The average molecular weight is 372 g/mol. The molecule has 0 aliphatic carbocycles. The highest BCUT2D eigenvalue weighted by molar-refractivity contribution is 8.14. The van der Waals surface area contributed by atoms with Crippen LogP contribution in [-0.4, -0.2) is 55.4 Å². The van der Waals surface area contributed by atoms with Crippen LogP contribution in [0.25, 0.3) is 5.82 Å². The van der Waals surface area contributed by atoms with Crippen LogP contribution in [0.5, 0.6) is 0 Å². The molecule has 2 aliphatic rings. The maximum Gasteiger partial charge on any atom is 0.223 e. The number of nitrogens with zero attached hydrogens (tertiary/aromatic N) is 5. The zero-order chi connectivity index (χ0) is 17.9. The van der Waals surface area contributed by atoms with Crippen LogP contribution in [0.1, 0.15) is 19.3 Å². The molecule has 2 aliphatic heterocycles. The summed E-state index contributed by atoms with van der Waals surface area (Å²) in [6, 6.07) is 1.63. The van der Waals surface area contributed by atoms with E-state index in [1.54, 1.807) is 18.9 Å². The lowest BCUT2D eigenvalue weighted by molar-refractivity contribution is -0.128. The monoisotopic (exact) mass is 372 g/mol. The third-order valence-corrected chi connectivity index (χ3v) is 5.86. The minimum absolute atomic E-state index is 0.00675. The van der Waals surface area contributed by atoms with Gasteiger partial charge in [-0.25, -0.2) is 15.0 Å². The molecule has 136 valence electrons. The Bertz CT molecular complexity index is 788. The second-order valence-electron chi connectivity index (χ2n) is 6.48. The summed E-state index contributed by atoms with van der Waals surface area (Å²) in [4.78, 5) is 38.9. The van der Waals surface area contributed by atoms with E-state index in [0.717, 1.165) is 49.7 Å². The highest BCUT2D eigenvalue weighted by Gasteiger charge is 2.31. The molecule has 0 spiro atoms. The number of carbonyl (C=O) groups excluding carboxylic acids is 2. The topological polar surface area (TPSA) is 93.0 Å². The molecule has 9 heteroatoms. The predicted octanol–water partition coefficient (Wildman–Crippen LogP) is 1.03. The SMILES string of the molecule is O=C(NC1CCSC1=O)C1CCN(c2cc(-n3ccnc3)ncn2)CC1. The molecule has 2 aromatic rings. The van der Waals surface area contributed by atoms with Gasteiger partial charge in [0.15, 0.2) is 0 Å². The van der Waals surface area contributed by atoms with Gasteiger partial charge in [-0.15, -0.1) is 0 Å². The van der Waals surface area contributed by atoms with Crippen LogP contribution >= 0.6 is 11.8 Å². The molecule has 0 radical (unpaired) electrons. The largest absolute Gasteiger partial charge is 0.356 e. The van der Waals surface area contributed by atoms with Gasteiger partial charge in [0.05, 0.1) is 6.04 Å². The zero-order valence-corrected chi connectivity index (χ0v) is 15.1. The van der Waals surface area contributed by atoms with Gasteiger partial charge in [-0.3, -0.25) is 14.2 Å². The Morgan fingerprint density at radius 3 is 2.69 bits per heavy atom. The number of anilines is 1. The highest BCUT2D eigenvalue weighted by Crippen LogP contribution is 2.24. The number of rotatable bonds is 4. The highest BCUT2D eigenvalue weighted by atomic mass is 32.2. The Balaban J connectivity index is 1.35. The smallest absolute Gasteiger partial charge is 0.223 e. The predicted molar refractivity (Wildman–Crippen MR) is 98.1 cm³/mol. The summed E-state index contributed by atoms with van der Waals surface area (Å²) in [5, 5.41) is 3.00. The molecule has 0 aromatic carbocycles. The molecule has 1 N–H and O–H groups in total. The van der Waals surface area contributed by atoms with E-state index in [0.29, 0.717) is 0 Å². The van der Waals surface area contributed by atoms with Crippen molar-refractivity contribution in [2.24, 2.45) is 5.92 Å². The van der Waals surface area contributed by atoms with Gasteiger partial charge in [0.1, 0.15) is 24.3 Å². The van der Waals surface area contributed by atoms with Crippen molar-refractivity contribution >= 4 is 28.6 Å². The fourth-order valence-electron chi connectivity index (χ4n) is 3.33. The van der Waals surface area contributed by atoms with Gasteiger partial charge in [0.2, 0.25) is 11.0 Å². The molecule has 4 heterocycles. The van der Waals surface area contributed by atoms with Crippen molar-refractivity contribution in [3.8, 4) is 5.82 Å². The zero-order valence-electron chi connectivity index (χ0n) is 14.2. The first-order chi connectivity index (χ1) is 12.7. The first-order valence-corrected chi connectivity index (χ1v) is 9.71. The summed E-state index contributed by atoms with van der Waals surface area (Å²) in [6.07, 6.45) is 9.05. The van der Waals surface area contributed by atoms with Crippen molar-refractivity contribution in [3.63, 3.8) is 0 Å². The van der Waals surface area contributed by atoms with E-state index in [1.165, 1.54) is 11.8 Å². The molecule has 0 bridgehead atoms. The third kappa shape index (κ3) is 3.57. The number of carbonyl (C=O) groups is 2. The number of hydrogen-bond acceptors (Lipinski definition) is 7. The molecule has 0 saturated carbocycles. The Hall–Kier alpha value is -2.42. The van der Waals surface area contributed by atoms with Crippen molar-refractivity contribution < 1.29 is 9.59 Å². The van der Waals surface area contributed by atoms with E-state index in [1.807, 2.05) is 16.8 Å². The van der Waals surface area contributed by atoms with Crippen molar-refractivity contribution in [2.45, 2.75) is 25.3 Å². The van der Waals surface area contributed by atoms with Gasteiger partial charge < -0.3 is 10.2 Å². The Morgan fingerprint density at radius 1 is 1.19 bits per heavy atom. The summed E-state index contributed by atoms with van der Waals surface area (Å²) >= 11 is 1.31. The summed E-state index contributed by atoms with van der Waals surface area (Å²) in [5.74, 6) is 2.39. The van der Waals surface area contributed by atoms with E-state index in [-0.39, 0.29) is 23.0 Å². The van der Waals surface area contributed by atoms with Gasteiger partial charge in [0.25, 0.3) is 0 Å². The quantitative estimate of drug-likeness (QED) is 0.857. The van der Waals surface area contributed by atoms with Gasteiger partial charge in [0, 0.05) is 43.2 Å². The summed E-state index contributed by atoms with van der Waals surface area (Å²) in [5.41, 5.74) is 0. The molecule has 4 rings (SSSR count). The molecule has 1 atom stereocenters. The van der Waals surface area contributed by atoms with Crippen LogP contribution in [0.15, 0.2) is 31.1 Å². The second-order valence-corrected chi connectivity index (χ2v) is 7.58. The summed E-state index contributed by atoms with van der Waals surface area (Å²) < 4.78 is 1.84. The van der Waals surface area contributed by atoms with E-state index in [9.17, 15) is 9.59 Å². The minimum Gasteiger partial charge on any atom is -0.356 e. The van der Waals surface area contributed by atoms with Crippen LogP contribution in [0.4, 0.5) is 5.82 Å². The average Bonchev–Trinajstić information content (AvgIpc) is 3.35. The van der Waals surface area contributed by atoms with E-state index < -0.39 is 0 Å². The van der Waals surface area contributed by atoms with Gasteiger partial charge >= 0.3 is 0 Å². The number of thioether (sulfide) groups is 1. The Labute approximate surface area is 155 Å². The van der Waals surface area contributed by atoms with Crippen molar-refractivity contribution in [3.05, 3.63) is 31.1 Å². The number of imidazole rings is 1. The number of amides is 1. The molecule has 8 nitrogen and oxygen atoms in total. The maximum atomic E-state index is 12.4. The molecule has 2 fully saturated rings. The van der Waals surface area contributed by atoms with Gasteiger partial charge in [-0.2, -0.15) is 0 Å². The molecule has 2 saturated heterocycles. The Morgan fingerprint density at radius 2 is 2.00 bits per heavy atom. The molecular formula is C17H20N6O2S. The normalized spacial score (nSPS) is 21.2. The van der Waals surface area contributed by atoms with E-state index in [2.05, 4.69) is 25.2 Å². The van der Waals surface area contributed by atoms with Gasteiger partial charge in [-0.1, -0.05) is 11.8 Å². The van der Waals surface area contributed by atoms with Crippen molar-refractivity contribution in [1.82, 2.24) is 24.8 Å². The lowest BCUT2D eigenvalue weighted by Crippen LogP contribution is -2.45. The summed E-state index contributed by atoms with van der Waals surface area (Å²) in [6.45, 7) is 1.51. The van der Waals surface area contributed by atoms with Crippen LogP contribution in [0.2, 0.25) is 0 Å². The second kappa shape index (κ2) is 7.45. The first-order valence-electron chi connectivity index (χ1n) is 8.73. The van der Waals surface area contributed by atoms with Crippen molar-refractivity contribution in [2.75, 3.05) is 23.7 Å². The lowest BCUT2D eigenvalue weighted by atomic mass is 9.95. The number of hydrogen-bond donors (Lipinski definition) is 1. The standard InChI is InChI=1S/C17H20N6O2S/c24-16(21-13-3-8-26-17(13)25)12-1-5-22(6-2-12)14-9-15(20-10-19-14)23-7-4-18-11-23/h4,7,9-13H,1-3,5-6,8H2,(H,21,24). The van der Waals surface area contributed by atoms with E-state index in [4.69, 9.17) is 0 Å². The number of piperidine rings is 1. The number of aromatic nitrogens is 4. The number of nitrogens with one attached hydrogen (secondary N) is 1. The fraction of sp³-hybridized carbons (Fsp3) is 0.471. The third-order valence-electron chi connectivity index (χ3n) is 4.85. The van der Waals surface area contributed by atoms with Crippen molar-refractivity contribution in [1.29, 1.82) is 0 Å². The van der Waals surface area contributed by atoms with E-state index >= 15 is 0 Å². The Kier molecular flexibility index (Phi) is 4.87. The minimum atomic E-state index is -0.301. The maximum absolute atomic E-state index is 12.4. The van der Waals surface area contributed by atoms with Crippen LogP contribution < -0.4 is 10.2 Å². The lowest BCUT2D eigenvalue weighted by Gasteiger charge is -2.32. The summed E-state index contributed by atoms with van der Waals surface area (Å²) in [7, 11) is 0. The molecular weight excluding hydrogens is 352 g/mol. The molecule has 26 heavy (non-hydrogen) atoms. The van der Waals surface area contributed by atoms with Gasteiger partial charge in [-0.05, 0) is 19.3 Å². The fourth-order valence-corrected chi connectivity index (χ4v) is 4.27. The molecule has 2 aromatic heterocycles.